The number of nitrogens with one attached hydrogen (secondary N) is 1. The summed E-state index contributed by atoms with van der Waals surface area (Å²) in [4.78, 5) is 33.0. The maximum atomic E-state index is 14.1. The zero-order chi connectivity index (χ0) is 30.9. The summed E-state index contributed by atoms with van der Waals surface area (Å²) < 4.78 is 30.1. The van der Waals surface area contributed by atoms with Gasteiger partial charge in [-0.2, -0.15) is 4.80 Å². The molecule has 0 unspecified atom stereocenters. The highest BCUT2D eigenvalue weighted by Crippen LogP contribution is 2.31. The second-order valence-corrected chi connectivity index (χ2v) is 11.1. The average Bonchev–Trinajstić information content (AvgIpc) is 3.52. The van der Waals surface area contributed by atoms with E-state index in [2.05, 4.69) is 25.6 Å². The highest BCUT2D eigenvalue weighted by molar-refractivity contribution is 5.89. The molecule has 44 heavy (non-hydrogen) atoms. The van der Waals surface area contributed by atoms with Gasteiger partial charge in [-0.25, -0.2) is 4.39 Å². The number of carbonyl (C=O) groups excluding carboxylic acids is 2. The molecule has 1 N–H and O–H groups in total. The largest absolute Gasteiger partial charge is 0.493 e. The molecule has 2 heterocycles. The summed E-state index contributed by atoms with van der Waals surface area (Å²) >= 11 is 0. The Kier molecular flexibility index (Phi) is 10.7. The number of rotatable bonds is 12. The summed E-state index contributed by atoms with van der Waals surface area (Å²) in [6.07, 6.45) is 5.03. The highest BCUT2D eigenvalue weighted by atomic mass is 19.1. The fraction of sp³-hybridized carbons (Fsp3) is 0.516. The SMILES string of the molecule is COc1ccc(-c2nnn(CC(=O)N(CCN3CCOCC3)[C@@H](C(=O)NC3CCCCC3)c3ccc(F)cc3)n2)cc1OC. The molecule has 236 valence electrons. The van der Waals surface area contributed by atoms with Crippen LogP contribution in [0.2, 0.25) is 0 Å². The normalized spacial score (nSPS) is 16.7. The quantitative estimate of drug-likeness (QED) is 0.330. The van der Waals surface area contributed by atoms with E-state index in [-0.39, 0.29) is 30.9 Å². The first kappa shape index (κ1) is 31.3. The molecule has 13 heteroatoms. The first-order chi connectivity index (χ1) is 21.4. The van der Waals surface area contributed by atoms with Crippen LogP contribution < -0.4 is 14.8 Å². The third-order valence-corrected chi connectivity index (χ3v) is 8.15. The number of nitrogens with zero attached hydrogens (tertiary/aromatic N) is 6. The Bertz CT molecular complexity index is 1390. The number of hydrogen-bond donors (Lipinski definition) is 1. The number of halogens is 1. The molecule has 2 aromatic carbocycles. The van der Waals surface area contributed by atoms with Gasteiger partial charge >= 0.3 is 0 Å². The van der Waals surface area contributed by atoms with Crippen molar-refractivity contribution in [3.8, 4) is 22.9 Å². The number of methoxy groups -OCH3 is 2. The lowest BCUT2D eigenvalue weighted by atomic mass is 9.94. The summed E-state index contributed by atoms with van der Waals surface area (Å²) in [6.45, 7) is 3.27. The third kappa shape index (κ3) is 7.88. The molecule has 3 aromatic rings. The van der Waals surface area contributed by atoms with Crippen molar-refractivity contribution in [2.24, 2.45) is 0 Å². The van der Waals surface area contributed by atoms with Crippen molar-refractivity contribution in [3.63, 3.8) is 0 Å². The lowest BCUT2D eigenvalue weighted by Gasteiger charge is -2.35. The van der Waals surface area contributed by atoms with E-state index in [9.17, 15) is 14.0 Å². The predicted molar refractivity (Wildman–Crippen MR) is 159 cm³/mol. The van der Waals surface area contributed by atoms with Crippen LogP contribution in [0.1, 0.15) is 43.7 Å². The number of aromatic nitrogens is 4. The first-order valence-corrected chi connectivity index (χ1v) is 15.1. The molecule has 2 amide bonds. The Balaban J connectivity index is 1.41. The Morgan fingerprint density at radius 3 is 2.48 bits per heavy atom. The van der Waals surface area contributed by atoms with Gasteiger partial charge in [-0.15, -0.1) is 10.2 Å². The molecule has 12 nitrogen and oxygen atoms in total. The molecule has 5 rings (SSSR count). The van der Waals surface area contributed by atoms with E-state index in [1.54, 1.807) is 42.3 Å². The summed E-state index contributed by atoms with van der Waals surface area (Å²) in [5.41, 5.74) is 1.18. The Morgan fingerprint density at radius 2 is 1.77 bits per heavy atom. The zero-order valence-electron chi connectivity index (χ0n) is 25.3. The number of benzene rings is 2. The first-order valence-electron chi connectivity index (χ1n) is 15.1. The fourth-order valence-electron chi connectivity index (χ4n) is 5.73. The van der Waals surface area contributed by atoms with Crippen molar-refractivity contribution in [2.75, 3.05) is 53.6 Å². The number of ether oxygens (including phenoxy) is 3. The summed E-state index contributed by atoms with van der Waals surface area (Å²) in [6, 6.07) is 10.1. The van der Waals surface area contributed by atoms with Crippen LogP contribution in [0.4, 0.5) is 4.39 Å². The Labute approximate surface area is 256 Å². The van der Waals surface area contributed by atoms with E-state index in [4.69, 9.17) is 14.2 Å². The molecule has 0 spiro atoms. The van der Waals surface area contributed by atoms with Gasteiger partial charge in [0.15, 0.2) is 11.5 Å². The van der Waals surface area contributed by atoms with Gasteiger partial charge in [0.25, 0.3) is 0 Å². The van der Waals surface area contributed by atoms with Gasteiger partial charge in [0.1, 0.15) is 18.4 Å². The second kappa shape index (κ2) is 15.1. The van der Waals surface area contributed by atoms with Gasteiger partial charge in [0.05, 0.1) is 27.4 Å². The molecule has 2 aliphatic rings. The Hall–Kier alpha value is -4.10. The van der Waals surface area contributed by atoms with E-state index in [0.717, 1.165) is 45.2 Å². The number of tetrazole rings is 1. The maximum Gasteiger partial charge on any atom is 0.247 e. The average molecular weight is 610 g/mol. The standard InChI is InChI=1S/C31H40FN7O5/c1-42-26-13-10-23(20-27(26)43-2)30-34-36-39(35-30)21-28(40)38(15-14-37-16-18-44-19-17-37)29(22-8-11-24(32)12-9-22)31(41)33-25-6-4-3-5-7-25/h8-13,20,25,29H,3-7,14-19,21H2,1-2H3,(H,33,41)/t29-/m1/s1. The molecule has 1 aliphatic carbocycles. The van der Waals surface area contributed by atoms with E-state index >= 15 is 0 Å². The van der Waals surface area contributed by atoms with Gasteiger partial charge in [-0.3, -0.25) is 14.5 Å². The number of morpholine rings is 1. The van der Waals surface area contributed by atoms with Crippen molar-refractivity contribution >= 4 is 11.8 Å². The highest BCUT2D eigenvalue weighted by Gasteiger charge is 2.34. The molecule has 0 bridgehead atoms. The van der Waals surface area contributed by atoms with Crippen LogP contribution >= 0.6 is 0 Å². The Morgan fingerprint density at radius 1 is 1.05 bits per heavy atom. The second-order valence-electron chi connectivity index (χ2n) is 11.1. The van der Waals surface area contributed by atoms with Gasteiger partial charge in [-0.1, -0.05) is 31.4 Å². The predicted octanol–water partition coefficient (Wildman–Crippen LogP) is 2.85. The summed E-state index contributed by atoms with van der Waals surface area (Å²) in [5.74, 6) is 0.328. The molecule has 1 aromatic heterocycles. The molecular formula is C31H40FN7O5. The van der Waals surface area contributed by atoms with Crippen LogP contribution in [0.3, 0.4) is 0 Å². The van der Waals surface area contributed by atoms with Gasteiger partial charge < -0.3 is 24.4 Å². The van der Waals surface area contributed by atoms with Crippen molar-refractivity contribution in [1.82, 2.24) is 35.3 Å². The van der Waals surface area contributed by atoms with Crippen LogP contribution in [0, 0.1) is 5.82 Å². The summed E-state index contributed by atoms with van der Waals surface area (Å²) in [7, 11) is 3.09. The van der Waals surface area contributed by atoms with Crippen LogP contribution in [0.5, 0.6) is 11.5 Å². The third-order valence-electron chi connectivity index (χ3n) is 8.15. The van der Waals surface area contributed by atoms with Crippen LogP contribution in [0.15, 0.2) is 42.5 Å². The summed E-state index contributed by atoms with van der Waals surface area (Å²) in [5, 5.41) is 15.9. The minimum absolute atomic E-state index is 0.0384. The smallest absolute Gasteiger partial charge is 0.247 e. The van der Waals surface area contributed by atoms with E-state index in [1.807, 2.05) is 0 Å². The molecule has 1 aliphatic heterocycles. The molecule has 1 saturated heterocycles. The van der Waals surface area contributed by atoms with Crippen LogP contribution in [0.25, 0.3) is 11.4 Å². The van der Waals surface area contributed by atoms with Gasteiger partial charge in [0.2, 0.25) is 17.6 Å². The fourth-order valence-corrected chi connectivity index (χ4v) is 5.73. The molecule has 1 atom stereocenters. The van der Waals surface area contributed by atoms with Crippen molar-refractivity contribution < 1.29 is 28.2 Å². The number of hydrogen-bond acceptors (Lipinski definition) is 9. The van der Waals surface area contributed by atoms with Crippen molar-refractivity contribution in [3.05, 3.63) is 53.8 Å². The van der Waals surface area contributed by atoms with E-state index < -0.39 is 11.9 Å². The van der Waals surface area contributed by atoms with Crippen molar-refractivity contribution in [2.45, 2.75) is 50.7 Å². The van der Waals surface area contributed by atoms with Gasteiger partial charge in [0, 0.05) is 37.8 Å². The minimum atomic E-state index is -0.958. The topological polar surface area (TPSA) is 124 Å². The molecular weight excluding hydrogens is 569 g/mol. The van der Waals surface area contributed by atoms with E-state index in [0.29, 0.717) is 48.2 Å². The molecule has 2 fully saturated rings. The lowest BCUT2D eigenvalue weighted by molar-refractivity contribution is -0.142. The van der Waals surface area contributed by atoms with Crippen LogP contribution in [-0.2, 0) is 20.9 Å². The molecule has 0 radical (unpaired) electrons. The lowest BCUT2D eigenvalue weighted by Crippen LogP contribution is -2.50. The minimum Gasteiger partial charge on any atom is -0.493 e. The number of carbonyl (C=O) groups is 2. The maximum absolute atomic E-state index is 14.1. The number of amides is 2. The molecule has 1 saturated carbocycles. The van der Waals surface area contributed by atoms with Crippen LogP contribution in [-0.4, -0.2) is 101 Å². The van der Waals surface area contributed by atoms with E-state index in [1.165, 1.54) is 24.0 Å². The zero-order valence-corrected chi connectivity index (χ0v) is 25.3. The van der Waals surface area contributed by atoms with Gasteiger partial charge in [-0.05, 0) is 54.0 Å². The van der Waals surface area contributed by atoms with Crippen molar-refractivity contribution in [1.29, 1.82) is 0 Å². The monoisotopic (exact) mass is 609 g/mol.